The fraction of sp³-hybridized carbons (Fsp3) is 0.444. The van der Waals surface area contributed by atoms with E-state index in [0.29, 0.717) is 0 Å². The standard InChI is InChI=1S/C18H24N4O/c1-4-16-12(2)20-17(13-5-7-15(23-3)8-6-13)21-18(16)22-10-9-14(19)11-22/h5-8,14H,4,9-11,19H2,1-3H3. The minimum Gasteiger partial charge on any atom is -0.497 e. The Morgan fingerprint density at radius 2 is 2.00 bits per heavy atom. The third-order valence-corrected chi connectivity index (χ3v) is 4.42. The first-order valence-electron chi connectivity index (χ1n) is 8.14. The van der Waals surface area contributed by atoms with Crippen LogP contribution in [-0.4, -0.2) is 36.2 Å². The molecule has 0 radical (unpaired) electrons. The molecule has 1 saturated heterocycles. The van der Waals surface area contributed by atoms with Crippen molar-refractivity contribution in [1.82, 2.24) is 9.97 Å². The Morgan fingerprint density at radius 3 is 2.57 bits per heavy atom. The maximum atomic E-state index is 6.07. The van der Waals surface area contributed by atoms with Gasteiger partial charge in [0.05, 0.1) is 7.11 Å². The van der Waals surface area contributed by atoms with Crippen molar-refractivity contribution in [1.29, 1.82) is 0 Å². The number of hydrogen-bond acceptors (Lipinski definition) is 5. The van der Waals surface area contributed by atoms with Gasteiger partial charge in [0.2, 0.25) is 0 Å². The van der Waals surface area contributed by atoms with Crippen LogP contribution in [0.15, 0.2) is 24.3 Å². The summed E-state index contributed by atoms with van der Waals surface area (Å²) in [6.07, 6.45) is 1.94. The summed E-state index contributed by atoms with van der Waals surface area (Å²) in [5, 5.41) is 0. The van der Waals surface area contributed by atoms with E-state index in [9.17, 15) is 0 Å². The summed E-state index contributed by atoms with van der Waals surface area (Å²) in [7, 11) is 1.67. The molecule has 5 heteroatoms. The highest BCUT2D eigenvalue weighted by atomic mass is 16.5. The molecule has 1 aliphatic rings. The zero-order valence-electron chi connectivity index (χ0n) is 14.0. The first-order chi connectivity index (χ1) is 11.1. The third kappa shape index (κ3) is 3.15. The van der Waals surface area contributed by atoms with E-state index in [1.165, 1.54) is 5.56 Å². The molecule has 3 rings (SSSR count). The van der Waals surface area contributed by atoms with Crippen LogP contribution in [0.2, 0.25) is 0 Å². The zero-order chi connectivity index (χ0) is 16.4. The molecule has 1 unspecified atom stereocenters. The van der Waals surface area contributed by atoms with Gasteiger partial charge in [-0.25, -0.2) is 9.97 Å². The number of hydrogen-bond donors (Lipinski definition) is 1. The summed E-state index contributed by atoms with van der Waals surface area (Å²) >= 11 is 0. The zero-order valence-corrected chi connectivity index (χ0v) is 14.0. The van der Waals surface area contributed by atoms with Crippen molar-refractivity contribution >= 4 is 5.82 Å². The predicted molar refractivity (Wildman–Crippen MR) is 92.9 cm³/mol. The minimum absolute atomic E-state index is 0.236. The fourth-order valence-electron chi connectivity index (χ4n) is 3.11. The Kier molecular flexibility index (Phi) is 4.48. The summed E-state index contributed by atoms with van der Waals surface area (Å²) in [5.41, 5.74) is 9.34. The molecule has 2 aromatic rings. The molecule has 0 aliphatic carbocycles. The number of anilines is 1. The number of ether oxygens (including phenoxy) is 1. The maximum absolute atomic E-state index is 6.07. The van der Waals surface area contributed by atoms with E-state index in [2.05, 4.69) is 18.7 Å². The molecule has 0 saturated carbocycles. The van der Waals surface area contributed by atoms with Crippen LogP contribution < -0.4 is 15.4 Å². The molecule has 23 heavy (non-hydrogen) atoms. The lowest BCUT2D eigenvalue weighted by atomic mass is 10.1. The Morgan fingerprint density at radius 1 is 1.26 bits per heavy atom. The van der Waals surface area contributed by atoms with Crippen molar-refractivity contribution in [3.63, 3.8) is 0 Å². The van der Waals surface area contributed by atoms with Crippen molar-refractivity contribution in [3.05, 3.63) is 35.5 Å². The highest BCUT2D eigenvalue weighted by molar-refractivity contribution is 5.61. The van der Waals surface area contributed by atoms with Gasteiger partial charge in [-0.2, -0.15) is 0 Å². The van der Waals surface area contributed by atoms with Crippen molar-refractivity contribution in [3.8, 4) is 17.1 Å². The third-order valence-electron chi connectivity index (χ3n) is 4.42. The van der Waals surface area contributed by atoms with Crippen LogP contribution in [0.4, 0.5) is 5.82 Å². The quantitative estimate of drug-likeness (QED) is 0.940. The molecule has 5 nitrogen and oxygen atoms in total. The van der Waals surface area contributed by atoms with Crippen molar-refractivity contribution < 1.29 is 4.74 Å². The SMILES string of the molecule is CCc1c(C)nc(-c2ccc(OC)cc2)nc1N1CCC(N)C1. The Labute approximate surface area is 137 Å². The lowest BCUT2D eigenvalue weighted by molar-refractivity contribution is 0.415. The lowest BCUT2D eigenvalue weighted by Crippen LogP contribution is -2.28. The molecule has 122 valence electrons. The first kappa shape index (κ1) is 15.7. The smallest absolute Gasteiger partial charge is 0.161 e. The highest BCUT2D eigenvalue weighted by Gasteiger charge is 2.24. The summed E-state index contributed by atoms with van der Waals surface area (Å²) in [6, 6.07) is 8.11. The number of aryl methyl sites for hydroxylation is 1. The van der Waals surface area contributed by atoms with E-state index < -0.39 is 0 Å². The number of aromatic nitrogens is 2. The normalized spacial score (nSPS) is 17.6. The summed E-state index contributed by atoms with van der Waals surface area (Å²) < 4.78 is 5.22. The Hall–Kier alpha value is -2.14. The maximum Gasteiger partial charge on any atom is 0.161 e. The lowest BCUT2D eigenvalue weighted by Gasteiger charge is -2.22. The molecule has 1 fully saturated rings. The highest BCUT2D eigenvalue weighted by Crippen LogP contribution is 2.28. The molecule has 0 bridgehead atoms. The molecule has 0 spiro atoms. The van der Waals surface area contributed by atoms with Gasteiger partial charge in [-0.05, 0) is 44.0 Å². The predicted octanol–water partition coefficient (Wildman–Crippen LogP) is 2.56. The molecule has 2 N–H and O–H groups in total. The molecule has 1 atom stereocenters. The van der Waals surface area contributed by atoms with Crippen molar-refractivity contribution in [2.45, 2.75) is 32.7 Å². The van der Waals surface area contributed by atoms with Crippen LogP contribution in [0.1, 0.15) is 24.6 Å². The average Bonchev–Trinajstić information content (AvgIpc) is 3.00. The van der Waals surface area contributed by atoms with Gasteiger partial charge in [-0.3, -0.25) is 0 Å². The number of nitrogens with two attached hydrogens (primary N) is 1. The van der Waals surface area contributed by atoms with Gasteiger partial charge in [-0.15, -0.1) is 0 Å². The van der Waals surface area contributed by atoms with E-state index in [-0.39, 0.29) is 6.04 Å². The molecule has 1 aromatic carbocycles. The largest absolute Gasteiger partial charge is 0.497 e. The topological polar surface area (TPSA) is 64.3 Å². The van der Waals surface area contributed by atoms with E-state index in [4.69, 9.17) is 20.4 Å². The van der Waals surface area contributed by atoms with Gasteiger partial charge in [-0.1, -0.05) is 6.92 Å². The Balaban J connectivity index is 2.02. The van der Waals surface area contributed by atoms with Crippen LogP contribution >= 0.6 is 0 Å². The van der Waals surface area contributed by atoms with E-state index >= 15 is 0 Å². The summed E-state index contributed by atoms with van der Waals surface area (Å²) in [5.74, 6) is 2.64. The molecule has 1 aliphatic heterocycles. The van der Waals surface area contributed by atoms with Crippen LogP contribution in [0.5, 0.6) is 5.75 Å². The van der Waals surface area contributed by atoms with Gasteiger partial charge in [0.15, 0.2) is 5.82 Å². The first-order valence-corrected chi connectivity index (χ1v) is 8.14. The van der Waals surface area contributed by atoms with Crippen LogP contribution in [-0.2, 0) is 6.42 Å². The molecule has 1 aromatic heterocycles. The van der Waals surface area contributed by atoms with Gasteiger partial charge in [0.25, 0.3) is 0 Å². The van der Waals surface area contributed by atoms with E-state index in [1.54, 1.807) is 7.11 Å². The average molecular weight is 312 g/mol. The fourth-order valence-corrected chi connectivity index (χ4v) is 3.11. The second-order valence-electron chi connectivity index (χ2n) is 6.01. The van der Waals surface area contributed by atoms with Crippen LogP contribution in [0.3, 0.4) is 0 Å². The molecule has 2 heterocycles. The second-order valence-corrected chi connectivity index (χ2v) is 6.01. The van der Waals surface area contributed by atoms with E-state index in [0.717, 1.165) is 54.6 Å². The van der Waals surface area contributed by atoms with Gasteiger partial charge >= 0.3 is 0 Å². The number of nitrogens with zero attached hydrogens (tertiary/aromatic N) is 3. The minimum atomic E-state index is 0.236. The molecular formula is C18H24N4O. The van der Waals surface area contributed by atoms with Gasteiger partial charge in [0, 0.05) is 36.0 Å². The second kappa shape index (κ2) is 6.54. The monoisotopic (exact) mass is 312 g/mol. The molecular weight excluding hydrogens is 288 g/mol. The van der Waals surface area contributed by atoms with Crippen LogP contribution in [0, 0.1) is 6.92 Å². The van der Waals surface area contributed by atoms with Crippen molar-refractivity contribution in [2.75, 3.05) is 25.1 Å². The number of benzene rings is 1. The summed E-state index contributed by atoms with van der Waals surface area (Å²) in [6.45, 7) is 6.05. The van der Waals surface area contributed by atoms with Gasteiger partial charge < -0.3 is 15.4 Å². The van der Waals surface area contributed by atoms with Crippen LogP contribution in [0.25, 0.3) is 11.4 Å². The van der Waals surface area contributed by atoms with Gasteiger partial charge in [0.1, 0.15) is 11.6 Å². The Bertz CT molecular complexity index is 684. The van der Waals surface area contributed by atoms with Crippen molar-refractivity contribution in [2.24, 2.45) is 5.73 Å². The number of methoxy groups -OCH3 is 1. The summed E-state index contributed by atoms with van der Waals surface area (Å²) in [4.78, 5) is 11.9. The van der Waals surface area contributed by atoms with E-state index in [1.807, 2.05) is 24.3 Å². The number of rotatable bonds is 4. The molecule has 0 amide bonds.